The first-order valence-corrected chi connectivity index (χ1v) is 4.62. The van der Waals surface area contributed by atoms with Crippen LogP contribution in [0.2, 0.25) is 0 Å². The molecule has 0 atom stereocenters. The van der Waals surface area contributed by atoms with Crippen LogP contribution in [0.25, 0.3) is 0 Å². The second kappa shape index (κ2) is 5.79. The summed E-state index contributed by atoms with van der Waals surface area (Å²) in [5, 5.41) is 17.8. The van der Waals surface area contributed by atoms with Crippen LogP contribution in [0.5, 0.6) is 5.75 Å². The molecule has 0 aliphatic rings. The standard InChI is InChI=1S/C9H11BF2O4/c1-2-15-5-16-9-6(10(13)14)3-4-7(11)8(9)12/h3-4,13-14H,2,5H2,1H3. The van der Waals surface area contributed by atoms with Gasteiger partial charge in [-0.15, -0.1) is 0 Å². The Hall–Kier alpha value is -1.18. The van der Waals surface area contributed by atoms with Crippen LogP contribution >= 0.6 is 0 Å². The van der Waals surface area contributed by atoms with E-state index in [2.05, 4.69) is 0 Å². The first-order chi connectivity index (χ1) is 7.57. The third kappa shape index (κ3) is 2.91. The summed E-state index contributed by atoms with van der Waals surface area (Å²) >= 11 is 0. The van der Waals surface area contributed by atoms with Gasteiger partial charge in [0, 0.05) is 12.1 Å². The molecule has 0 aliphatic carbocycles. The summed E-state index contributed by atoms with van der Waals surface area (Å²) in [6.07, 6.45) is 0. The Morgan fingerprint density at radius 2 is 2.00 bits per heavy atom. The molecule has 7 heteroatoms. The second-order valence-electron chi connectivity index (χ2n) is 2.91. The van der Waals surface area contributed by atoms with Crippen molar-refractivity contribution >= 4 is 12.6 Å². The van der Waals surface area contributed by atoms with Gasteiger partial charge in [-0.3, -0.25) is 0 Å². The number of hydrogen-bond acceptors (Lipinski definition) is 4. The molecule has 88 valence electrons. The lowest BCUT2D eigenvalue weighted by molar-refractivity contribution is 0.0203. The number of benzene rings is 1. The topological polar surface area (TPSA) is 58.9 Å². The van der Waals surface area contributed by atoms with Crippen molar-refractivity contribution in [3.63, 3.8) is 0 Å². The van der Waals surface area contributed by atoms with E-state index in [1.807, 2.05) is 0 Å². The number of halogens is 2. The number of hydrogen-bond donors (Lipinski definition) is 2. The summed E-state index contributed by atoms with van der Waals surface area (Å²) in [6, 6.07) is 1.82. The maximum atomic E-state index is 13.3. The van der Waals surface area contributed by atoms with E-state index in [0.717, 1.165) is 12.1 Å². The van der Waals surface area contributed by atoms with E-state index in [0.29, 0.717) is 6.61 Å². The minimum absolute atomic E-state index is 0.251. The molecule has 0 saturated heterocycles. The molecule has 0 spiro atoms. The van der Waals surface area contributed by atoms with Crippen LogP contribution in [-0.2, 0) is 4.74 Å². The van der Waals surface area contributed by atoms with Gasteiger partial charge in [-0.05, 0) is 13.0 Å². The van der Waals surface area contributed by atoms with E-state index in [1.54, 1.807) is 6.92 Å². The molecule has 0 fully saturated rings. The zero-order chi connectivity index (χ0) is 12.1. The summed E-state index contributed by atoms with van der Waals surface area (Å²) in [6.45, 7) is 1.75. The Bertz CT molecular complexity index is 360. The fraction of sp³-hybridized carbons (Fsp3) is 0.333. The van der Waals surface area contributed by atoms with Gasteiger partial charge in [0.1, 0.15) is 0 Å². The lowest BCUT2D eigenvalue weighted by atomic mass is 9.79. The van der Waals surface area contributed by atoms with E-state index in [-0.39, 0.29) is 12.3 Å². The largest absolute Gasteiger partial charge is 0.492 e. The molecule has 1 aromatic rings. The second-order valence-corrected chi connectivity index (χ2v) is 2.91. The van der Waals surface area contributed by atoms with Crippen molar-refractivity contribution in [1.82, 2.24) is 0 Å². The van der Waals surface area contributed by atoms with Gasteiger partial charge in [0.15, 0.2) is 24.2 Å². The molecule has 0 aromatic heterocycles. The predicted molar refractivity (Wildman–Crippen MR) is 53.3 cm³/mol. The molecule has 0 amide bonds. The van der Waals surface area contributed by atoms with Crippen molar-refractivity contribution in [1.29, 1.82) is 0 Å². The highest BCUT2D eigenvalue weighted by atomic mass is 19.2. The molecule has 0 heterocycles. The molecule has 2 N–H and O–H groups in total. The van der Waals surface area contributed by atoms with Crippen molar-refractivity contribution in [2.75, 3.05) is 13.4 Å². The fourth-order valence-corrected chi connectivity index (χ4v) is 1.08. The first kappa shape index (κ1) is 12.9. The zero-order valence-electron chi connectivity index (χ0n) is 8.61. The smallest absolute Gasteiger partial charge is 0.465 e. The van der Waals surface area contributed by atoms with E-state index in [4.69, 9.17) is 19.5 Å². The Morgan fingerprint density at radius 1 is 1.31 bits per heavy atom. The maximum Gasteiger partial charge on any atom is 0.492 e. The summed E-state index contributed by atoms with van der Waals surface area (Å²) in [7, 11) is -1.94. The van der Waals surface area contributed by atoms with Crippen LogP contribution in [0.15, 0.2) is 12.1 Å². The predicted octanol–water partition coefficient (Wildman–Crippen LogP) is 0.0174. The molecule has 1 rings (SSSR count). The summed E-state index contributed by atoms with van der Waals surface area (Å²) < 4.78 is 35.7. The molecular formula is C9H11BF2O4. The highest BCUT2D eigenvalue weighted by Crippen LogP contribution is 2.17. The quantitative estimate of drug-likeness (QED) is 0.426. The normalized spacial score (nSPS) is 10.3. The molecule has 1 aromatic carbocycles. The van der Waals surface area contributed by atoms with Gasteiger partial charge in [-0.1, -0.05) is 6.07 Å². The highest BCUT2D eigenvalue weighted by Gasteiger charge is 2.23. The van der Waals surface area contributed by atoms with Crippen molar-refractivity contribution in [3.8, 4) is 5.75 Å². The zero-order valence-corrected chi connectivity index (χ0v) is 8.61. The van der Waals surface area contributed by atoms with Gasteiger partial charge in [0.05, 0.1) is 0 Å². The van der Waals surface area contributed by atoms with Gasteiger partial charge in [-0.2, -0.15) is 4.39 Å². The minimum atomic E-state index is -1.94. The average molecular weight is 232 g/mol. The monoisotopic (exact) mass is 232 g/mol. The van der Waals surface area contributed by atoms with Gasteiger partial charge in [0.25, 0.3) is 0 Å². The number of ether oxygens (including phenoxy) is 2. The maximum absolute atomic E-state index is 13.3. The molecular weight excluding hydrogens is 221 g/mol. The summed E-state index contributed by atoms with van der Waals surface area (Å²) in [5.74, 6) is -2.95. The average Bonchev–Trinajstić information content (AvgIpc) is 2.24. The SMILES string of the molecule is CCOCOc1c(B(O)O)ccc(F)c1F. The van der Waals surface area contributed by atoms with Crippen LogP contribution in [0.4, 0.5) is 8.78 Å². The Kier molecular flexibility index (Phi) is 4.66. The van der Waals surface area contributed by atoms with E-state index in [9.17, 15) is 8.78 Å². The lowest BCUT2D eigenvalue weighted by Gasteiger charge is -2.12. The fourth-order valence-electron chi connectivity index (χ4n) is 1.08. The molecule has 0 bridgehead atoms. The van der Waals surface area contributed by atoms with Gasteiger partial charge in [0.2, 0.25) is 0 Å². The van der Waals surface area contributed by atoms with Gasteiger partial charge < -0.3 is 19.5 Å². The molecule has 0 aliphatic heterocycles. The van der Waals surface area contributed by atoms with Crippen molar-refractivity contribution in [2.24, 2.45) is 0 Å². The lowest BCUT2D eigenvalue weighted by Crippen LogP contribution is -2.32. The molecule has 0 unspecified atom stereocenters. The van der Waals surface area contributed by atoms with Crippen LogP contribution in [0.1, 0.15) is 6.92 Å². The first-order valence-electron chi connectivity index (χ1n) is 4.62. The van der Waals surface area contributed by atoms with Crippen LogP contribution in [0.3, 0.4) is 0 Å². The van der Waals surface area contributed by atoms with Crippen LogP contribution < -0.4 is 10.2 Å². The van der Waals surface area contributed by atoms with Crippen molar-refractivity contribution in [3.05, 3.63) is 23.8 Å². The van der Waals surface area contributed by atoms with E-state index < -0.39 is 24.5 Å². The van der Waals surface area contributed by atoms with E-state index >= 15 is 0 Å². The minimum Gasteiger partial charge on any atom is -0.465 e. The summed E-state index contributed by atoms with van der Waals surface area (Å²) in [4.78, 5) is 0. The highest BCUT2D eigenvalue weighted by molar-refractivity contribution is 6.59. The van der Waals surface area contributed by atoms with Gasteiger partial charge >= 0.3 is 7.12 Å². The molecule has 4 nitrogen and oxygen atoms in total. The number of rotatable bonds is 5. The molecule has 16 heavy (non-hydrogen) atoms. The Morgan fingerprint density at radius 3 is 2.56 bits per heavy atom. The van der Waals surface area contributed by atoms with Crippen LogP contribution in [-0.4, -0.2) is 30.6 Å². The van der Waals surface area contributed by atoms with Crippen molar-refractivity contribution in [2.45, 2.75) is 6.92 Å². The molecule has 0 radical (unpaired) electrons. The van der Waals surface area contributed by atoms with Gasteiger partial charge in [-0.25, -0.2) is 4.39 Å². The third-order valence-electron chi connectivity index (χ3n) is 1.85. The Labute approximate surface area is 91.6 Å². The summed E-state index contributed by atoms with van der Waals surface area (Å²) in [5.41, 5.74) is -0.251. The Balaban J connectivity index is 2.96. The molecule has 0 saturated carbocycles. The van der Waals surface area contributed by atoms with Crippen molar-refractivity contribution < 1.29 is 28.3 Å². The third-order valence-corrected chi connectivity index (χ3v) is 1.85. The van der Waals surface area contributed by atoms with Crippen LogP contribution in [0, 0.1) is 11.6 Å². The van der Waals surface area contributed by atoms with E-state index in [1.165, 1.54) is 0 Å².